The minimum absolute atomic E-state index is 0.0444. The van der Waals surface area contributed by atoms with Crippen LogP contribution in [-0.2, 0) is 20.9 Å². The van der Waals surface area contributed by atoms with E-state index in [1.165, 1.54) is 6.92 Å². The molecule has 1 aromatic carbocycles. The van der Waals surface area contributed by atoms with Gasteiger partial charge in [-0.05, 0) is 38.5 Å². The molecule has 0 aromatic heterocycles. The molecule has 1 aliphatic rings. The lowest BCUT2D eigenvalue weighted by atomic mass is 10.1. The molecule has 1 N–H and O–H groups in total. The lowest BCUT2D eigenvalue weighted by molar-refractivity contribution is -0.130. The highest BCUT2D eigenvalue weighted by Gasteiger charge is 2.25. The number of allylic oxidation sites excluding steroid dienone is 1. The Kier molecular flexibility index (Phi) is 10.9. The summed E-state index contributed by atoms with van der Waals surface area (Å²) in [7, 11) is 0. The molecule has 0 radical (unpaired) electrons. The third kappa shape index (κ3) is 8.05. The van der Waals surface area contributed by atoms with Crippen molar-refractivity contribution in [3.63, 3.8) is 0 Å². The molecule has 0 unspecified atom stereocenters. The van der Waals surface area contributed by atoms with Crippen LogP contribution in [0.3, 0.4) is 0 Å². The van der Waals surface area contributed by atoms with Gasteiger partial charge in [-0.25, -0.2) is 0 Å². The number of hydrogen-bond donors (Lipinski definition) is 1. The lowest BCUT2D eigenvalue weighted by Gasteiger charge is -2.32. The van der Waals surface area contributed by atoms with E-state index in [0.29, 0.717) is 36.3 Å². The van der Waals surface area contributed by atoms with Gasteiger partial charge in [-0.3, -0.25) is 14.6 Å². The number of carbonyl (C=O) groups excluding carboxylic acids is 2. The Hall–Kier alpha value is -1.64. The maximum absolute atomic E-state index is 13.4. The average Bonchev–Trinajstić information content (AvgIpc) is 2.76. The van der Waals surface area contributed by atoms with Crippen LogP contribution >= 0.6 is 23.2 Å². The normalized spacial score (nSPS) is 15.7. The standard InChI is InChI=1S/C23H33Cl2N3O4/c1-17(2)28(15-19-4-5-21(24)22(25)14-19)23(31)20(18(3)30)16-27(8-11-29)7-6-26-9-12-32-13-10-26/h4-5,11,14,17,30H,6-10,12-13,15-16H2,1-3H3/b20-18-. The zero-order chi connectivity index (χ0) is 23.7. The first kappa shape index (κ1) is 26.6. The number of rotatable bonds is 11. The fraction of sp³-hybridized carbons (Fsp3) is 0.565. The fourth-order valence-electron chi connectivity index (χ4n) is 3.51. The van der Waals surface area contributed by atoms with Crippen LogP contribution in [0.25, 0.3) is 0 Å². The number of carbonyl (C=O) groups is 2. The molecule has 9 heteroatoms. The molecule has 2 rings (SSSR count). The van der Waals surface area contributed by atoms with Gasteiger partial charge < -0.3 is 19.5 Å². The summed E-state index contributed by atoms with van der Waals surface area (Å²) in [6, 6.07) is 5.16. The fourth-order valence-corrected chi connectivity index (χ4v) is 3.83. The number of aliphatic hydroxyl groups is 1. The Labute approximate surface area is 200 Å². The lowest BCUT2D eigenvalue weighted by Crippen LogP contribution is -2.44. The van der Waals surface area contributed by atoms with Crippen molar-refractivity contribution in [2.45, 2.75) is 33.4 Å². The number of benzene rings is 1. The SMILES string of the molecule is C/C(O)=C(\CN(CC=O)CCN1CCOCC1)C(=O)N(Cc1ccc(Cl)c(Cl)c1)C(C)C. The van der Waals surface area contributed by atoms with E-state index in [2.05, 4.69) is 4.90 Å². The van der Waals surface area contributed by atoms with Crippen molar-refractivity contribution in [2.24, 2.45) is 0 Å². The van der Waals surface area contributed by atoms with Crippen molar-refractivity contribution in [2.75, 3.05) is 52.5 Å². The van der Waals surface area contributed by atoms with E-state index >= 15 is 0 Å². The molecule has 0 atom stereocenters. The number of amides is 1. The minimum atomic E-state index is -0.270. The second kappa shape index (κ2) is 13.2. The Bertz CT molecular complexity index is 806. The highest BCUT2D eigenvalue weighted by Crippen LogP contribution is 2.24. The van der Waals surface area contributed by atoms with Gasteiger partial charge in [-0.2, -0.15) is 0 Å². The van der Waals surface area contributed by atoms with Gasteiger partial charge in [-0.15, -0.1) is 0 Å². The van der Waals surface area contributed by atoms with E-state index in [0.717, 1.165) is 31.5 Å². The van der Waals surface area contributed by atoms with Crippen molar-refractivity contribution >= 4 is 35.4 Å². The largest absolute Gasteiger partial charge is 0.512 e. The first-order chi connectivity index (χ1) is 15.2. The Morgan fingerprint density at radius 3 is 2.50 bits per heavy atom. The number of nitrogens with zero attached hydrogens (tertiary/aromatic N) is 3. The molecule has 1 fully saturated rings. The van der Waals surface area contributed by atoms with Crippen LogP contribution in [0.1, 0.15) is 26.3 Å². The highest BCUT2D eigenvalue weighted by molar-refractivity contribution is 6.42. The molecule has 1 amide bonds. The van der Waals surface area contributed by atoms with Crippen LogP contribution in [0.5, 0.6) is 0 Å². The van der Waals surface area contributed by atoms with Crippen molar-refractivity contribution < 1.29 is 19.4 Å². The predicted octanol–water partition coefficient (Wildman–Crippen LogP) is 3.40. The van der Waals surface area contributed by atoms with E-state index in [1.807, 2.05) is 24.8 Å². The molecule has 1 saturated heterocycles. The summed E-state index contributed by atoms with van der Waals surface area (Å²) in [6.07, 6.45) is 0.823. The monoisotopic (exact) mass is 485 g/mol. The van der Waals surface area contributed by atoms with Gasteiger partial charge in [0.15, 0.2) is 0 Å². The van der Waals surface area contributed by atoms with E-state index in [9.17, 15) is 14.7 Å². The van der Waals surface area contributed by atoms with Gasteiger partial charge >= 0.3 is 0 Å². The van der Waals surface area contributed by atoms with E-state index in [-0.39, 0.29) is 36.4 Å². The second-order valence-electron chi connectivity index (χ2n) is 8.20. The zero-order valence-corrected chi connectivity index (χ0v) is 20.5. The van der Waals surface area contributed by atoms with E-state index in [1.54, 1.807) is 17.0 Å². The molecule has 1 heterocycles. The van der Waals surface area contributed by atoms with Crippen LogP contribution in [0, 0.1) is 0 Å². The summed E-state index contributed by atoms with van der Waals surface area (Å²) in [5, 5.41) is 11.2. The number of aliphatic hydroxyl groups excluding tert-OH is 1. The maximum atomic E-state index is 13.4. The van der Waals surface area contributed by atoms with Gasteiger partial charge in [0, 0.05) is 45.3 Å². The van der Waals surface area contributed by atoms with Crippen molar-refractivity contribution in [3.8, 4) is 0 Å². The van der Waals surface area contributed by atoms with Gasteiger partial charge in [0.1, 0.15) is 6.29 Å². The Morgan fingerprint density at radius 1 is 1.25 bits per heavy atom. The molecule has 0 bridgehead atoms. The molecule has 178 valence electrons. The van der Waals surface area contributed by atoms with Crippen LogP contribution in [0.15, 0.2) is 29.5 Å². The second-order valence-corrected chi connectivity index (χ2v) is 9.01. The molecular weight excluding hydrogens is 453 g/mol. The average molecular weight is 486 g/mol. The van der Waals surface area contributed by atoms with Crippen LogP contribution < -0.4 is 0 Å². The Balaban J connectivity index is 2.13. The predicted molar refractivity (Wildman–Crippen MR) is 127 cm³/mol. The van der Waals surface area contributed by atoms with Crippen molar-refractivity contribution in [3.05, 3.63) is 45.1 Å². The summed E-state index contributed by atoms with van der Waals surface area (Å²) < 4.78 is 5.38. The number of ether oxygens (including phenoxy) is 1. The number of halogens is 2. The molecule has 7 nitrogen and oxygen atoms in total. The van der Waals surface area contributed by atoms with Crippen molar-refractivity contribution in [1.29, 1.82) is 0 Å². The number of morpholine rings is 1. The first-order valence-electron chi connectivity index (χ1n) is 10.8. The van der Waals surface area contributed by atoms with E-state index in [4.69, 9.17) is 27.9 Å². The molecule has 0 spiro atoms. The van der Waals surface area contributed by atoms with Gasteiger partial charge in [0.25, 0.3) is 5.91 Å². The Morgan fingerprint density at radius 2 is 1.94 bits per heavy atom. The summed E-state index contributed by atoms with van der Waals surface area (Å²) >= 11 is 12.1. The molecule has 1 aromatic rings. The zero-order valence-electron chi connectivity index (χ0n) is 19.0. The first-order valence-corrected chi connectivity index (χ1v) is 11.6. The van der Waals surface area contributed by atoms with Gasteiger partial charge in [-0.1, -0.05) is 29.3 Å². The van der Waals surface area contributed by atoms with Gasteiger partial charge in [0.2, 0.25) is 0 Å². The smallest absolute Gasteiger partial charge is 0.255 e. The third-order valence-corrected chi connectivity index (χ3v) is 6.21. The molecular formula is C23H33Cl2N3O4. The molecule has 0 saturated carbocycles. The number of hydrogen-bond acceptors (Lipinski definition) is 6. The molecule has 1 aliphatic heterocycles. The maximum Gasteiger partial charge on any atom is 0.255 e. The van der Waals surface area contributed by atoms with E-state index < -0.39 is 0 Å². The minimum Gasteiger partial charge on any atom is -0.512 e. The third-order valence-electron chi connectivity index (χ3n) is 5.47. The summed E-state index contributed by atoms with van der Waals surface area (Å²) in [4.78, 5) is 30.5. The van der Waals surface area contributed by atoms with Crippen molar-refractivity contribution in [1.82, 2.24) is 14.7 Å². The molecule has 0 aliphatic carbocycles. The molecule has 32 heavy (non-hydrogen) atoms. The summed E-state index contributed by atoms with van der Waals surface area (Å²) in [5.74, 6) is -0.314. The van der Waals surface area contributed by atoms with Gasteiger partial charge in [0.05, 0.1) is 41.1 Å². The summed E-state index contributed by atoms with van der Waals surface area (Å²) in [5.41, 5.74) is 1.12. The highest BCUT2D eigenvalue weighted by atomic mass is 35.5. The quantitative estimate of drug-likeness (QED) is 0.294. The topological polar surface area (TPSA) is 73.3 Å². The van der Waals surface area contributed by atoms with Crippen LogP contribution in [-0.4, -0.2) is 90.5 Å². The number of aldehydes is 1. The van der Waals surface area contributed by atoms with Crippen LogP contribution in [0.2, 0.25) is 10.0 Å². The summed E-state index contributed by atoms with van der Waals surface area (Å²) in [6.45, 7) is 10.5. The van der Waals surface area contributed by atoms with Crippen LogP contribution in [0.4, 0.5) is 0 Å².